The number of ether oxygens (including phenoxy) is 1. The molecule has 2 atom stereocenters. The van der Waals surface area contributed by atoms with Crippen LogP contribution in [0.15, 0.2) is 0 Å². The predicted octanol–water partition coefficient (Wildman–Crippen LogP) is -0.729. The first-order valence-corrected chi connectivity index (χ1v) is 4.66. The summed E-state index contributed by atoms with van der Waals surface area (Å²) in [5.41, 5.74) is -1.21. The Balaban J connectivity index is 3.84. The topological polar surface area (TPSA) is 78.8 Å². The Kier molecular flexibility index (Phi) is 5.68. The summed E-state index contributed by atoms with van der Waals surface area (Å²) in [6, 6.07) is -0.479. The van der Waals surface area contributed by atoms with E-state index in [1.807, 2.05) is 0 Å². The van der Waals surface area contributed by atoms with Gasteiger partial charge in [-0.1, -0.05) is 0 Å². The molecule has 0 aromatic rings. The highest BCUT2D eigenvalue weighted by Gasteiger charge is 2.22. The smallest absolute Gasteiger partial charge is 0.322 e. The molecule has 0 amide bonds. The van der Waals surface area contributed by atoms with Crippen molar-refractivity contribution in [3.63, 3.8) is 0 Å². The second-order valence-corrected chi connectivity index (χ2v) is 3.51. The van der Waals surface area contributed by atoms with Crippen LogP contribution in [0, 0.1) is 0 Å². The molecule has 0 radical (unpaired) electrons. The van der Waals surface area contributed by atoms with Crippen molar-refractivity contribution in [3.05, 3.63) is 0 Å². The van der Waals surface area contributed by atoms with E-state index in [2.05, 4.69) is 5.32 Å². The van der Waals surface area contributed by atoms with Crippen molar-refractivity contribution in [1.82, 2.24) is 5.32 Å². The minimum atomic E-state index is -1.21. The lowest BCUT2D eigenvalue weighted by Crippen LogP contribution is -2.46. The summed E-state index contributed by atoms with van der Waals surface area (Å²) in [4.78, 5) is 11.1. The van der Waals surface area contributed by atoms with Crippen molar-refractivity contribution in [3.8, 4) is 0 Å². The van der Waals surface area contributed by atoms with E-state index in [-0.39, 0.29) is 19.1 Å². The summed E-state index contributed by atoms with van der Waals surface area (Å²) < 4.78 is 4.76. The van der Waals surface area contributed by atoms with Crippen molar-refractivity contribution in [2.75, 3.05) is 19.8 Å². The highest BCUT2D eigenvalue weighted by atomic mass is 16.5. The van der Waals surface area contributed by atoms with E-state index in [4.69, 9.17) is 9.84 Å². The van der Waals surface area contributed by atoms with Crippen molar-refractivity contribution < 1.29 is 19.7 Å². The van der Waals surface area contributed by atoms with Crippen molar-refractivity contribution in [2.24, 2.45) is 0 Å². The molecular weight excluding hydrogens is 186 g/mol. The summed E-state index contributed by atoms with van der Waals surface area (Å²) >= 11 is 0. The third kappa shape index (κ3) is 5.16. The molecule has 0 heterocycles. The Hall–Kier alpha value is -0.650. The molecule has 0 rings (SSSR count). The fourth-order valence-corrected chi connectivity index (χ4v) is 0.779. The number of nitrogens with one attached hydrogen (secondary N) is 1. The van der Waals surface area contributed by atoms with Crippen LogP contribution in [-0.4, -0.2) is 47.6 Å². The first-order chi connectivity index (χ1) is 6.43. The number of hydrogen-bond acceptors (Lipinski definition) is 5. The fraction of sp³-hybridized carbons (Fsp3) is 0.889. The standard InChI is InChI=1S/C9H19NO4/c1-4-14-8(12)7(2)10-5-9(3,13)6-11/h7,10-11,13H,4-6H2,1-3H3. The molecule has 0 aromatic carbocycles. The van der Waals surface area contributed by atoms with Gasteiger partial charge in [-0.3, -0.25) is 4.79 Å². The third-order valence-electron chi connectivity index (χ3n) is 1.77. The van der Waals surface area contributed by atoms with Gasteiger partial charge in [-0.25, -0.2) is 0 Å². The zero-order valence-corrected chi connectivity index (χ0v) is 8.91. The van der Waals surface area contributed by atoms with Crippen LogP contribution < -0.4 is 5.32 Å². The van der Waals surface area contributed by atoms with Crippen molar-refractivity contribution >= 4 is 5.97 Å². The number of esters is 1. The van der Waals surface area contributed by atoms with Crippen LogP contribution >= 0.6 is 0 Å². The van der Waals surface area contributed by atoms with E-state index < -0.39 is 11.6 Å². The second-order valence-electron chi connectivity index (χ2n) is 3.51. The molecule has 0 aliphatic carbocycles. The van der Waals surface area contributed by atoms with Crippen LogP contribution in [0.5, 0.6) is 0 Å². The summed E-state index contributed by atoms with van der Waals surface area (Å²) in [6.45, 7) is 4.98. The van der Waals surface area contributed by atoms with Crippen molar-refractivity contribution in [2.45, 2.75) is 32.4 Å². The second kappa shape index (κ2) is 5.95. The first kappa shape index (κ1) is 13.4. The lowest BCUT2D eigenvalue weighted by molar-refractivity contribution is -0.145. The highest BCUT2D eigenvalue weighted by Crippen LogP contribution is 1.99. The van der Waals surface area contributed by atoms with Gasteiger partial charge >= 0.3 is 5.97 Å². The number of hydrogen-bond donors (Lipinski definition) is 3. The Morgan fingerprint density at radius 3 is 2.64 bits per heavy atom. The summed E-state index contributed by atoms with van der Waals surface area (Å²) in [7, 11) is 0. The molecule has 0 spiro atoms. The molecule has 5 heteroatoms. The zero-order chi connectivity index (χ0) is 11.2. The van der Waals surface area contributed by atoms with Crippen LogP contribution in [0.4, 0.5) is 0 Å². The van der Waals surface area contributed by atoms with E-state index in [0.29, 0.717) is 6.61 Å². The maximum absolute atomic E-state index is 11.1. The fourth-order valence-electron chi connectivity index (χ4n) is 0.779. The van der Waals surface area contributed by atoms with E-state index >= 15 is 0 Å². The third-order valence-corrected chi connectivity index (χ3v) is 1.77. The van der Waals surface area contributed by atoms with Gasteiger partial charge in [0, 0.05) is 6.54 Å². The van der Waals surface area contributed by atoms with Gasteiger partial charge in [-0.15, -0.1) is 0 Å². The summed E-state index contributed by atoms with van der Waals surface area (Å²) in [5, 5.41) is 20.9. The summed E-state index contributed by atoms with van der Waals surface area (Å²) in [6.07, 6.45) is 0. The molecule has 14 heavy (non-hydrogen) atoms. The van der Waals surface area contributed by atoms with E-state index in [1.54, 1.807) is 13.8 Å². The quantitative estimate of drug-likeness (QED) is 0.498. The summed E-state index contributed by atoms with van der Waals surface area (Å²) in [5.74, 6) is -0.360. The minimum absolute atomic E-state index is 0.142. The van der Waals surface area contributed by atoms with Gasteiger partial charge in [0.25, 0.3) is 0 Å². The van der Waals surface area contributed by atoms with Gasteiger partial charge in [0.05, 0.1) is 18.8 Å². The monoisotopic (exact) mass is 205 g/mol. The van der Waals surface area contributed by atoms with Gasteiger partial charge in [0.1, 0.15) is 6.04 Å². The molecule has 84 valence electrons. The molecular formula is C9H19NO4. The average molecular weight is 205 g/mol. The SMILES string of the molecule is CCOC(=O)C(C)NCC(C)(O)CO. The van der Waals surface area contributed by atoms with E-state index in [1.165, 1.54) is 6.92 Å². The molecule has 0 aliphatic rings. The van der Waals surface area contributed by atoms with Crippen LogP contribution in [0.25, 0.3) is 0 Å². The Labute approximate surface area is 84.1 Å². The molecule has 0 fully saturated rings. The normalized spacial score (nSPS) is 17.2. The molecule has 0 aromatic heterocycles. The molecule has 0 aliphatic heterocycles. The van der Waals surface area contributed by atoms with Crippen LogP contribution in [0.3, 0.4) is 0 Å². The van der Waals surface area contributed by atoms with Gasteiger partial charge < -0.3 is 20.3 Å². The first-order valence-electron chi connectivity index (χ1n) is 4.66. The van der Waals surface area contributed by atoms with Crippen molar-refractivity contribution in [1.29, 1.82) is 0 Å². The highest BCUT2D eigenvalue weighted by molar-refractivity contribution is 5.75. The lowest BCUT2D eigenvalue weighted by atomic mass is 10.1. The van der Waals surface area contributed by atoms with Gasteiger partial charge in [0.2, 0.25) is 0 Å². The Bertz CT molecular complexity index is 182. The zero-order valence-electron chi connectivity index (χ0n) is 8.91. The molecule has 0 saturated heterocycles. The number of aliphatic hydroxyl groups is 2. The molecule has 2 unspecified atom stereocenters. The molecule has 0 saturated carbocycles. The number of carbonyl (C=O) groups is 1. The van der Waals surface area contributed by atoms with Gasteiger partial charge in [-0.05, 0) is 20.8 Å². The number of carbonyl (C=O) groups excluding carboxylic acids is 1. The largest absolute Gasteiger partial charge is 0.465 e. The minimum Gasteiger partial charge on any atom is -0.465 e. The van der Waals surface area contributed by atoms with Crippen LogP contribution in [0.1, 0.15) is 20.8 Å². The Morgan fingerprint density at radius 2 is 2.21 bits per heavy atom. The van der Waals surface area contributed by atoms with Crippen LogP contribution in [-0.2, 0) is 9.53 Å². The van der Waals surface area contributed by atoms with Crippen LogP contribution in [0.2, 0.25) is 0 Å². The molecule has 3 N–H and O–H groups in total. The molecule has 0 bridgehead atoms. The van der Waals surface area contributed by atoms with Gasteiger partial charge in [-0.2, -0.15) is 0 Å². The van der Waals surface area contributed by atoms with E-state index in [9.17, 15) is 9.90 Å². The van der Waals surface area contributed by atoms with Gasteiger partial charge in [0.15, 0.2) is 0 Å². The Morgan fingerprint density at radius 1 is 1.64 bits per heavy atom. The lowest BCUT2D eigenvalue weighted by Gasteiger charge is -2.22. The number of rotatable bonds is 6. The van der Waals surface area contributed by atoms with E-state index in [0.717, 1.165) is 0 Å². The maximum atomic E-state index is 11.1. The number of aliphatic hydroxyl groups excluding tert-OH is 1. The molecule has 5 nitrogen and oxygen atoms in total. The average Bonchev–Trinajstić information content (AvgIpc) is 2.15. The predicted molar refractivity (Wildman–Crippen MR) is 51.8 cm³/mol. The maximum Gasteiger partial charge on any atom is 0.322 e.